The highest BCUT2D eigenvalue weighted by Gasteiger charge is 2.33. The first kappa shape index (κ1) is 24.3. The van der Waals surface area contributed by atoms with E-state index in [2.05, 4.69) is 11.4 Å². The molecule has 2 atom stereocenters. The summed E-state index contributed by atoms with van der Waals surface area (Å²) in [5.41, 5.74) is 3.01. The average Bonchev–Trinajstić information content (AvgIpc) is 2.99. The number of rotatable bonds is 9. The number of aliphatic carboxylic acids is 1. The van der Waals surface area contributed by atoms with Crippen LogP contribution in [0.5, 0.6) is 5.75 Å². The summed E-state index contributed by atoms with van der Waals surface area (Å²) in [5.74, 6) is 0.447. The van der Waals surface area contributed by atoms with Crippen molar-refractivity contribution in [2.45, 2.75) is 76.4 Å². The number of ether oxygens (including phenoxy) is 1. The van der Waals surface area contributed by atoms with Gasteiger partial charge in [-0.05, 0) is 60.9 Å². The van der Waals surface area contributed by atoms with Crippen molar-refractivity contribution in [1.82, 2.24) is 5.32 Å². The van der Waals surface area contributed by atoms with Crippen molar-refractivity contribution in [3.8, 4) is 5.75 Å². The monoisotopic (exact) mass is 464 g/mol. The second-order valence-corrected chi connectivity index (χ2v) is 9.63. The quantitative estimate of drug-likeness (QED) is 0.549. The van der Waals surface area contributed by atoms with Crippen molar-refractivity contribution >= 4 is 17.6 Å². The summed E-state index contributed by atoms with van der Waals surface area (Å²) in [6.07, 6.45) is 8.95. The lowest BCUT2D eigenvalue weighted by atomic mass is 9.85. The Hall–Kier alpha value is -2.86. The minimum Gasteiger partial charge on any atom is -0.497 e. The number of nitrogens with zero attached hydrogens (tertiary/aromatic N) is 1. The molecular formula is C28H36N2O4. The maximum absolute atomic E-state index is 13.7. The van der Waals surface area contributed by atoms with E-state index in [0.717, 1.165) is 35.4 Å². The third-order valence-corrected chi connectivity index (χ3v) is 7.34. The van der Waals surface area contributed by atoms with Gasteiger partial charge in [-0.1, -0.05) is 62.4 Å². The number of carbonyl (C=O) groups excluding carboxylic acids is 1. The van der Waals surface area contributed by atoms with Crippen LogP contribution >= 0.6 is 0 Å². The van der Waals surface area contributed by atoms with Crippen LogP contribution in [0.3, 0.4) is 0 Å². The van der Waals surface area contributed by atoms with Crippen LogP contribution in [0, 0.1) is 5.92 Å². The van der Waals surface area contributed by atoms with Crippen molar-refractivity contribution < 1.29 is 19.4 Å². The second-order valence-electron chi connectivity index (χ2n) is 9.63. The second kappa shape index (κ2) is 11.5. The zero-order valence-electron chi connectivity index (χ0n) is 20.0. The molecule has 1 fully saturated rings. The van der Waals surface area contributed by atoms with Gasteiger partial charge in [-0.2, -0.15) is 0 Å². The zero-order chi connectivity index (χ0) is 23.9. The molecule has 34 heavy (non-hydrogen) atoms. The van der Waals surface area contributed by atoms with E-state index < -0.39 is 18.1 Å². The maximum Gasteiger partial charge on any atom is 0.320 e. The van der Waals surface area contributed by atoms with Crippen molar-refractivity contribution in [2.24, 2.45) is 5.92 Å². The number of carboxylic acid groups (broad SMARTS) is 1. The Balaban J connectivity index is 1.50. The van der Waals surface area contributed by atoms with Crippen molar-refractivity contribution in [3.05, 3.63) is 59.7 Å². The Bertz CT molecular complexity index is 969. The SMILES string of the molecule is COc1ccc(CN2C(=O)C(NC(CCC3CCCCC3)C(=O)O)CCc3ccccc32)cc1. The Kier molecular flexibility index (Phi) is 8.22. The molecule has 6 nitrogen and oxygen atoms in total. The van der Waals surface area contributed by atoms with E-state index in [1.807, 2.05) is 47.4 Å². The molecule has 2 unspecified atom stereocenters. The predicted molar refractivity (Wildman–Crippen MR) is 133 cm³/mol. The van der Waals surface area contributed by atoms with Gasteiger partial charge in [0.25, 0.3) is 0 Å². The number of aryl methyl sites for hydroxylation is 1. The van der Waals surface area contributed by atoms with Gasteiger partial charge in [0.15, 0.2) is 0 Å². The van der Waals surface area contributed by atoms with E-state index in [1.165, 1.54) is 32.1 Å². The highest BCUT2D eigenvalue weighted by molar-refractivity contribution is 5.98. The van der Waals surface area contributed by atoms with E-state index >= 15 is 0 Å². The number of fused-ring (bicyclic) bond motifs is 1. The van der Waals surface area contributed by atoms with E-state index in [-0.39, 0.29) is 5.91 Å². The predicted octanol–water partition coefficient (Wildman–Crippen LogP) is 4.95. The number of hydrogen-bond donors (Lipinski definition) is 2. The number of anilines is 1. The summed E-state index contributed by atoms with van der Waals surface area (Å²) >= 11 is 0. The van der Waals surface area contributed by atoms with Crippen LogP contribution in [0.2, 0.25) is 0 Å². The number of carbonyl (C=O) groups is 2. The Morgan fingerprint density at radius 3 is 2.53 bits per heavy atom. The lowest BCUT2D eigenvalue weighted by molar-refractivity contribution is -0.140. The number of para-hydroxylation sites is 1. The first-order valence-corrected chi connectivity index (χ1v) is 12.6. The van der Waals surface area contributed by atoms with Crippen LogP contribution in [0.15, 0.2) is 48.5 Å². The van der Waals surface area contributed by atoms with Crippen molar-refractivity contribution in [3.63, 3.8) is 0 Å². The molecule has 2 N–H and O–H groups in total. The molecule has 0 radical (unpaired) electrons. The minimum absolute atomic E-state index is 0.0651. The Morgan fingerprint density at radius 1 is 1.09 bits per heavy atom. The Morgan fingerprint density at radius 2 is 1.82 bits per heavy atom. The first-order valence-electron chi connectivity index (χ1n) is 12.6. The normalized spacial score (nSPS) is 19.9. The summed E-state index contributed by atoms with van der Waals surface area (Å²) in [6, 6.07) is 14.5. The number of carboxylic acids is 1. The first-order chi connectivity index (χ1) is 16.5. The van der Waals surface area contributed by atoms with Crippen LogP contribution in [-0.2, 0) is 22.6 Å². The van der Waals surface area contributed by atoms with Gasteiger partial charge in [-0.3, -0.25) is 14.9 Å². The number of hydrogen-bond acceptors (Lipinski definition) is 4. The van der Waals surface area contributed by atoms with Gasteiger partial charge in [0.05, 0.1) is 19.7 Å². The summed E-state index contributed by atoms with van der Waals surface area (Å²) in [7, 11) is 1.63. The van der Waals surface area contributed by atoms with Crippen LogP contribution < -0.4 is 15.0 Å². The molecule has 2 aromatic rings. The molecule has 1 amide bonds. The molecule has 6 heteroatoms. The molecule has 2 aliphatic rings. The number of benzene rings is 2. The van der Waals surface area contributed by atoms with Gasteiger partial charge in [0, 0.05) is 5.69 Å². The minimum atomic E-state index is -0.868. The summed E-state index contributed by atoms with van der Waals surface area (Å²) < 4.78 is 5.26. The molecule has 4 rings (SSSR count). The van der Waals surface area contributed by atoms with Gasteiger partial charge < -0.3 is 14.7 Å². The molecule has 0 saturated heterocycles. The van der Waals surface area contributed by atoms with Gasteiger partial charge in [-0.15, -0.1) is 0 Å². The van der Waals surface area contributed by atoms with E-state index in [0.29, 0.717) is 25.3 Å². The van der Waals surface area contributed by atoms with Crippen molar-refractivity contribution in [2.75, 3.05) is 12.0 Å². The summed E-state index contributed by atoms with van der Waals surface area (Å²) in [4.78, 5) is 27.6. The van der Waals surface area contributed by atoms with Gasteiger partial charge in [-0.25, -0.2) is 0 Å². The lowest BCUT2D eigenvalue weighted by Gasteiger charge is -2.29. The summed E-state index contributed by atoms with van der Waals surface area (Å²) in [5, 5.41) is 13.2. The molecule has 0 spiro atoms. The highest BCUT2D eigenvalue weighted by atomic mass is 16.5. The standard InChI is InChI=1S/C28H36N2O4/c1-34-23-15-11-21(12-16-23)19-30-26-10-6-5-9-22(26)14-18-24(27(30)31)29-25(28(32)33)17-13-20-7-3-2-4-8-20/h5-6,9-12,15-16,20,24-25,29H,2-4,7-8,13-14,17-19H2,1H3,(H,32,33). The summed E-state index contributed by atoms with van der Waals surface area (Å²) in [6.45, 7) is 0.428. The molecule has 182 valence electrons. The number of nitrogens with one attached hydrogen (secondary N) is 1. The smallest absolute Gasteiger partial charge is 0.320 e. The zero-order valence-corrected chi connectivity index (χ0v) is 20.0. The molecule has 2 aromatic carbocycles. The molecule has 1 aliphatic heterocycles. The third kappa shape index (κ3) is 5.98. The molecular weight excluding hydrogens is 428 g/mol. The van der Waals surface area contributed by atoms with Crippen LogP contribution in [0.1, 0.15) is 62.5 Å². The van der Waals surface area contributed by atoms with Crippen LogP contribution in [0.25, 0.3) is 0 Å². The molecule has 1 aliphatic carbocycles. The fourth-order valence-electron chi connectivity index (χ4n) is 5.35. The van der Waals surface area contributed by atoms with E-state index in [1.54, 1.807) is 7.11 Å². The average molecular weight is 465 g/mol. The largest absolute Gasteiger partial charge is 0.497 e. The molecule has 1 saturated carbocycles. The number of amides is 1. The fraction of sp³-hybridized carbons (Fsp3) is 0.500. The van der Waals surface area contributed by atoms with Gasteiger partial charge in [0.1, 0.15) is 11.8 Å². The van der Waals surface area contributed by atoms with Gasteiger partial charge in [0.2, 0.25) is 5.91 Å². The van der Waals surface area contributed by atoms with Gasteiger partial charge >= 0.3 is 5.97 Å². The highest BCUT2D eigenvalue weighted by Crippen LogP contribution is 2.30. The topological polar surface area (TPSA) is 78.9 Å². The molecule has 0 aromatic heterocycles. The lowest BCUT2D eigenvalue weighted by Crippen LogP contribution is -2.51. The Labute approximate surface area is 202 Å². The van der Waals surface area contributed by atoms with Crippen molar-refractivity contribution in [1.29, 1.82) is 0 Å². The van der Waals surface area contributed by atoms with E-state index in [9.17, 15) is 14.7 Å². The number of methoxy groups -OCH3 is 1. The molecule has 1 heterocycles. The fourth-order valence-corrected chi connectivity index (χ4v) is 5.35. The van der Waals surface area contributed by atoms with E-state index in [4.69, 9.17) is 4.74 Å². The molecule has 0 bridgehead atoms. The maximum atomic E-state index is 13.7. The van der Waals surface area contributed by atoms with Crippen LogP contribution in [0.4, 0.5) is 5.69 Å². The third-order valence-electron chi connectivity index (χ3n) is 7.34. The van der Waals surface area contributed by atoms with Crippen LogP contribution in [-0.4, -0.2) is 36.2 Å².